The number of hydrogen-bond acceptors (Lipinski definition) is 5. The van der Waals surface area contributed by atoms with Crippen molar-refractivity contribution in [3.8, 4) is 11.5 Å². The molecule has 0 heterocycles. The highest BCUT2D eigenvalue weighted by Crippen LogP contribution is 2.26. The lowest BCUT2D eigenvalue weighted by atomic mass is 10.0. The van der Waals surface area contributed by atoms with E-state index in [9.17, 15) is 14.7 Å². The van der Waals surface area contributed by atoms with E-state index in [0.29, 0.717) is 11.3 Å². The van der Waals surface area contributed by atoms with Crippen LogP contribution in [0.4, 0.5) is 0 Å². The number of nitrogens with one attached hydrogen (secondary N) is 1. The molecule has 6 nitrogen and oxygen atoms in total. The van der Waals surface area contributed by atoms with E-state index in [2.05, 4.69) is 5.32 Å². The van der Waals surface area contributed by atoms with Gasteiger partial charge in [-0.25, -0.2) is 0 Å². The largest absolute Gasteiger partial charge is 0.550 e. The molecule has 3 rings (SSSR count). The van der Waals surface area contributed by atoms with Gasteiger partial charge in [-0.05, 0) is 62.4 Å². The smallest absolute Gasteiger partial charge is 0.261 e. The summed E-state index contributed by atoms with van der Waals surface area (Å²) in [5.41, 5.74) is 0.674. The van der Waals surface area contributed by atoms with Gasteiger partial charge in [0, 0.05) is 12.4 Å². The van der Waals surface area contributed by atoms with Gasteiger partial charge in [0.15, 0.2) is 6.10 Å². The van der Waals surface area contributed by atoms with Crippen molar-refractivity contribution in [2.24, 2.45) is 0 Å². The van der Waals surface area contributed by atoms with E-state index >= 15 is 0 Å². The van der Waals surface area contributed by atoms with E-state index < -0.39 is 24.0 Å². The molecule has 0 aromatic heterocycles. The predicted molar refractivity (Wildman–Crippen MR) is 106 cm³/mol. The van der Waals surface area contributed by atoms with Crippen LogP contribution in [-0.2, 0) is 9.59 Å². The Bertz CT molecular complexity index is 800. The minimum atomic E-state index is -1.24. The molecule has 0 radical (unpaired) electrons. The van der Waals surface area contributed by atoms with Crippen LogP contribution < -0.4 is 19.9 Å². The molecule has 6 heteroatoms. The van der Waals surface area contributed by atoms with Crippen LogP contribution in [0.25, 0.3) is 0 Å². The van der Waals surface area contributed by atoms with Crippen LogP contribution in [0.3, 0.4) is 0 Å². The van der Waals surface area contributed by atoms with Crippen molar-refractivity contribution in [1.29, 1.82) is 0 Å². The summed E-state index contributed by atoms with van der Waals surface area (Å²) in [6.07, 6.45) is 3.64. The average Bonchev–Trinajstić information content (AvgIpc) is 3.21. The number of rotatable bonds is 9. The molecular formula is C23H26NO5-. The van der Waals surface area contributed by atoms with Gasteiger partial charge in [0.05, 0.1) is 12.1 Å². The highest BCUT2D eigenvalue weighted by Gasteiger charge is 2.21. The molecule has 1 saturated carbocycles. The Hall–Kier alpha value is -3.02. The molecule has 0 bridgehead atoms. The van der Waals surface area contributed by atoms with Crippen LogP contribution >= 0.6 is 0 Å². The molecule has 1 fully saturated rings. The fourth-order valence-corrected chi connectivity index (χ4v) is 3.44. The van der Waals surface area contributed by atoms with Crippen LogP contribution in [0.5, 0.6) is 11.5 Å². The van der Waals surface area contributed by atoms with Crippen molar-refractivity contribution in [3.05, 3.63) is 60.2 Å². The lowest BCUT2D eigenvalue weighted by molar-refractivity contribution is -0.306. The number of aliphatic carboxylic acids is 1. The first-order valence-corrected chi connectivity index (χ1v) is 10.00. The number of amides is 1. The summed E-state index contributed by atoms with van der Waals surface area (Å²) < 4.78 is 11.6. The fourth-order valence-electron chi connectivity index (χ4n) is 3.44. The van der Waals surface area contributed by atoms with Crippen molar-refractivity contribution >= 4 is 11.9 Å². The molecule has 0 saturated heterocycles. The summed E-state index contributed by atoms with van der Waals surface area (Å²) in [7, 11) is 0. The zero-order valence-corrected chi connectivity index (χ0v) is 16.5. The normalized spacial score (nSPS) is 16.0. The fraction of sp³-hybridized carbons (Fsp3) is 0.391. The summed E-state index contributed by atoms with van der Waals surface area (Å²) in [5, 5.41) is 14.0. The third kappa shape index (κ3) is 6.24. The quantitative estimate of drug-likeness (QED) is 0.704. The molecule has 1 aliphatic carbocycles. The Balaban J connectivity index is 1.63. The topological polar surface area (TPSA) is 87.7 Å². The van der Waals surface area contributed by atoms with Gasteiger partial charge in [-0.1, -0.05) is 30.3 Å². The number of carbonyl (C=O) groups excluding carboxylic acids is 2. The monoisotopic (exact) mass is 396 g/mol. The van der Waals surface area contributed by atoms with Gasteiger partial charge in [-0.2, -0.15) is 0 Å². The van der Waals surface area contributed by atoms with Crippen molar-refractivity contribution in [2.45, 2.75) is 57.3 Å². The molecule has 2 atom stereocenters. The number of carboxylic acid groups (broad SMARTS) is 1. The van der Waals surface area contributed by atoms with Crippen molar-refractivity contribution in [3.63, 3.8) is 0 Å². The van der Waals surface area contributed by atoms with Crippen LogP contribution in [0, 0.1) is 0 Å². The van der Waals surface area contributed by atoms with E-state index in [-0.39, 0.29) is 12.5 Å². The SMILES string of the molecule is C[C@@H](Oc1ccccc1)C(=O)N[C@H](CC(=O)[O-])c1ccc(OC2CCCC2)cc1. The van der Waals surface area contributed by atoms with Crippen molar-refractivity contribution in [1.82, 2.24) is 5.32 Å². The van der Waals surface area contributed by atoms with Gasteiger partial charge in [-0.15, -0.1) is 0 Å². The van der Waals surface area contributed by atoms with Gasteiger partial charge in [-0.3, -0.25) is 4.79 Å². The summed E-state index contributed by atoms with van der Waals surface area (Å²) in [6.45, 7) is 1.62. The molecule has 1 aliphatic rings. The molecule has 1 amide bonds. The minimum Gasteiger partial charge on any atom is -0.550 e. The maximum atomic E-state index is 12.5. The van der Waals surface area contributed by atoms with E-state index in [1.807, 2.05) is 30.3 Å². The molecule has 0 unspecified atom stereocenters. The summed E-state index contributed by atoms with van der Waals surface area (Å²) >= 11 is 0. The maximum Gasteiger partial charge on any atom is 0.261 e. The third-order valence-corrected chi connectivity index (χ3v) is 5.00. The Morgan fingerprint density at radius 2 is 1.69 bits per heavy atom. The van der Waals surface area contributed by atoms with E-state index in [1.165, 1.54) is 12.8 Å². The Morgan fingerprint density at radius 3 is 2.31 bits per heavy atom. The molecule has 29 heavy (non-hydrogen) atoms. The third-order valence-electron chi connectivity index (χ3n) is 5.00. The molecule has 2 aromatic rings. The first-order chi connectivity index (χ1) is 14.0. The van der Waals surface area contributed by atoms with Gasteiger partial charge < -0.3 is 24.7 Å². The van der Waals surface area contributed by atoms with Crippen LogP contribution in [0.1, 0.15) is 50.6 Å². The Morgan fingerprint density at radius 1 is 1.03 bits per heavy atom. The minimum absolute atomic E-state index is 0.246. The number of carboxylic acids is 1. The lowest BCUT2D eigenvalue weighted by Crippen LogP contribution is -2.40. The van der Waals surface area contributed by atoms with E-state index in [0.717, 1.165) is 18.6 Å². The lowest BCUT2D eigenvalue weighted by Gasteiger charge is -2.23. The second-order valence-electron chi connectivity index (χ2n) is 7.30. The van der Waals surface area contributed by atoms with Crippen LogP contribution in [0.2, 0.25) is 0 Å². The number of hydrogen-bond donors (Lipinski definition) is 1. The molecule has 1 N–H and O–H groups in total. The Labute approximate surface area is 170 Å². The second kappa shape index (κ2) is 9.96. The van der Waals surface area contributed by atoms with Crippen molar-refractivity contribution in [2.75, 3.05) is 0 Å². The summed E-state index contributed by atoms with van der Waals surface area (Å²) in [4.78, 5) is 23.7. The average molecular weight is 396 g/mol. The van der Waals surface area contributed by atoms with Gasteiger partial charge in [0.1, 0.15) is 11.5 Å². The molecule has 0 spiro atoms. The Kier molecular flexibility index (Phi) is 7.11. The summed E-state index contributed by atoms with van der Waals surface area (Å²) in [6, 6.07) is 15.5. The van der Waals surface area contributed by atoms with Crippen LogP contribution in [0.15, 0.2) is 54.6 Å². The van der Waals surface area contributed by atoms with Gasteiger partial charge in [0.2, 0.25) is 0 Å². The number of carbonyl (C=O) groups is 2. The maximum absolute atomic E-state index is 12.5. The second-order valence-corrected chi connectivity index (χ2v) is 7.30. The first-order valence-electron chi connectivity index (χ1n) is 10.00. The molecular weight excluding hydrogens is 370 g/mol. The van der Waals surface area contributed by atoms with Crippen LogP contribution in [-0.4, -0.2) is 24.1 Å². The number of ether oxygens (including phenoxy) is 2. The summed E-state index contributed by atoms with van der Waals surface area (Å²) in [5.74, 6) is -0.315. The standard InChI is InChI=1S/C23H27NO5/c1-16(28-18-7-3-2-4-8-18)23(27)24-21(15-22(25)26)17-11-13-20(14-12-17)29-19-9-5-6-10-19/h2-4,7-8,11-14,16,19,21H,5-6,9-10,15H2,1H3,(H,24,27)(H,25,26)/p-1/t16-,21-/m1/s1. The zero-order chi connectivity index (χ0) is 20.6. The predicted octanol–water partition coefficient (Wildman–Crippen LogP) is 2.77. The van der Waals surface area contributed by atoms with E-state index in [4.69, 9.17) is 9.47 Å². The van der Waals surface area contributed by atoms with E-state index in [1.54, 1.807) is 31.2 Å². The number of benzene rings is 2. The molecule has 0 aliphatic heterocycles. The highest BCUT2D eigenvalue weighted by atomic mass is 16.5. The first kappa shape index (κ1) is 20.7. The zero-order valence-electron chi connectivity index (χ0n) is 16.5. The van der Waals surface area contributed by atoms with Crippen molar-refractivity contribution < 1.29 is 24.2 Å². The molecule has 154 valence electrons. The van der Waals surface area contributed by atoms with Gasteiger partial charge >= 0.3 is 0 Å². The molecule has 2 aromatic carbocycles. The van der Waals surface area contributed by atoms with Gasteiger partial charge in [0.25, 0.3) is 5.91 Å². The number of para-hydroxylation sites is 1. The highest BCUT2D eigenvalue weighted by molar-refractivity contribution is 5.81.